The van der Waals surface area contributed by atoms with E-state index < -0.39 is 21.7 Å². The van der Waals surface area contributed by atoms with Crippen molar-refractivity contribution in [2.45, 2.75) is 0 Å². The van der Waals surface area contributed by atoms with E-state index in [-0.39, 0.29) is 19.5 Å². The van der Waals surface area contributed by atoms with Crippen LogP contribution in [0.4, 0.5) is 10.2 Å². The van der Waals surface area contributed by atoms with Gasteiger partial charge in [-0.25, -0.2) is 4.39 Å². The van der Waals surface area contributed by atoms with E-state index in [1.54, 1.807) is 0 Å². The van der Waals surface area contributed by atoms with Crippen molar-refractivity contribution in [3.8, 4) is 0 Å². The SMILES string of the molecule is O=[N+]([O-])c1ccc(F)c(Cl)n1.[Zn]. The zero-order valence-corrected chi connectivity index (χ0v) is 9.55. The molecule has 0 fully saturated rings. The summed E-state index contributed by atoms with van der Waals surface area (Å²) in [5.41, 5.74) is 0. The molecule has 1 heterocycles. The van der Waals surface area contributed by atoms with E-state index in [0.717, 1.165) is 12.1 Å². The van der Waals surface area contributed by atoms with E-state index in [1.165, 1.54) is 0 Å². The number of hydrogen-bond donors (Lipinski definition) is 0. The summed E-state index contributed by atoms with van der Waals surface area (Å²) >= 11 is 5.17. The third-order valence-corrected chi connectivity index (χ3v) is 1.24. The molecule has 1 aromatic heterocycles. The molecule has 0 bridgehead atoms. The number of nitrogens with zero attached hydrogens (tertiary/aromatic N) is 2. The van der Waals surface area contributed by atoms with E-state index in [4.69, 9.17) is 11.6 Å². The molecular weight excluding hydrogens is 240 g/mol. The van der Waals surface area contributed by atoms with E-state index >= 15 is 0 Å². The van der Waals surface area contributed by atoms with Gasteiger partial charge in [-0.2, -0.15) is 0 Å². The van der Waals surface area contributed by atoms with Crippen LogP contribution in [0.5, 0.6) is 0 Å². The Morgan fingerprint density at radius 3 is 2.58 bits per heavy atom. The van der Waals surface area contributed by atoms with Crippen molar-refractivity contribution in [3.63, 3.8) is 0 Å². The molecule has 0 aliphatic rings. The summed E-state index contributed by atoms with van der Waals surface area (Å²) in [6, 6.07) is 1.84. The van der Waals surface area contributed by atoms with Crippen LogP contribution in [0.3, 0.4) is 0 Å². The molecule has 4 nitrogen and oxygen atoms in total. The van der Waals surface area contributed by atoms with Gasteiger partial charge in [-0.05, 0) is 27.6 Å². The van der Waals surface area contributed by atoms with Crippen LogP contribution in [-0.4, -0.2) is 9.91 Å². The zero-order chi connectivity index (χ0) is 8.43. The Kier molecular flexibility index (Phi) is 4.20. The summed E-state index contributed by atoms with van der Waals surface area (Å²) in [6.45, 7) is 0. The largest absolute Gasteiger partial charge is 0.365 e. The quantitative estimate of drug-likeness (QED) is 0.326. The van der Waals surface area contributed by atoms with Crippen molar-refractivity contribution in [1.82, 2.24) is 4.98 Å². The molecule has 1 rings (SSSR count). The molecule has 0 N–H and O–H groups in total. The van der Waals surface area contributed by atoms with Crippen molar-refractivity contribution in [2.24, 2.45) is 0 Å². The first kappa shape index (κ1) is 11.4. The number of rotatable bonds is 1. The maximum Gasteiger partial charge on any atom is 0.365 e. The smallest absolute Gasteiger partial charge is 0.358 e. The normalized spacial score (nSPS) is 8.83. The second kappa shape index (κ2) is 4.43. The van der Waals surface area contributed by atoms with Crippen LogP contribution in [-0.2, 0) is 19.5 Å². The maximum atomic E-state index is 12.3. The summed E-state index contributed by atoms with van der Waals surface area (Å²) in [5, 5.41) is 9.54. The Labute approximate surface area is 84.7 Å². The molecule has 0 aromatic carbocycles. The van der Waals surface area contributed by atoms with Gasteiger partial charge in [-0.3, -0.25) is 0 Å². The van der Waals surface area contributed by atoms with Crippen molar-refractivity contribution in [3.05, 3.63) is 33.2 Å². The van der Waals surface area contributed by atoms with Gasteiger partial charge in [0.25, 0.3) is 5.15 Å². The van der Waals surface area contributed by atoms with Crippen LogP contribution in [0.2, 0.25) is 5.15 Å². The van der Waals surface area contributed by atoms with Gasteiger partial charge in [0.2, 0.25) is 0 Å². The molecule has 0 unspecified atom stereocenters. The Morgan fingerprint density at radius 1 is 1.58 bits per heavy atom. The molecule has 12 heavy (non-hydrogen) atoms. The second-order valence-electron chi connectivity index (χ2n) is 1.70. The summed E-state index contributed by atoms with van der Waals surface area (Å²) in [4.78, 5) is 12.4. The van der Waals surface area contributed by atoms with Crippen molar-refractivity contribution in [2.75, 3.05) is 0 Å². The molecule has 0 atom stereocenters. The van der Waals surface area contributed by atoms with Crippen LogP contribution in [0.1, 0.15) is 0 Å². The summed E-state index contributed by atoms with van der Waals surface area (Å²) in [5.74, 6) is -1.23. The van der Waals surface area contributed by atoms with Gasteiger partial charge in [0.05, 0.1) is 0 Å². The standard InChI is InChI=1S/C5H2ClFN2O2.Zn/c6-5-3(7)1-2-4(8-5)9(10)11;/h1-2H;. The third-order valence-electron chi connectivity index (χ3n) is 0.976. The number of pyridine rings is 1. The number of nitro groups is 1. The topological polar surface area (TPSA) is 56.0 Å². The average molecular weight is 242 g/mol. The van der Waals surface area contributed by atoms with E-state index in [0.29, 0.717) is 0 Å². The van der Waals surface area contributed by atoms with Crippen LogP contribution in [0, 0.1) is 15.9 Å². The van der Waals surface area contributed by atoms with Crippen molar-refractivity contribution >= 4 is 17.4 Å². The molecule has 0 spiro atoms. The van der Waals surface area contributed by atoms with Crippen molar-refractivity contribution < 1.29 is 28.8 Å². The van der Waals surface area contributed by atoms with Gasteiger partial charge in [-0.1, -0.05) is 0 Å². The minimum Gasteiger partial charge on any atom is -0.358 e. The fraction of sp³-hybridized carbons (Fsp3) is 0. The Bertz CT molecular complexity index is 309. The molecule has 1 aromatic rings. The Hall–Kier alpha value is -0.607. The molecule has 7 heteroatoms. The summed E-state index contributed by atoms with van der Waals surface area (Å²) in [6.07, 6.45) is 0. The minimum atomic E-state index is -0.766. The van der Waals surface area contributed by atoms with Gasteiger partial charge < -0.3 is 10.1 Å². The third kappa shape index (κ3) is 2.46. The fourth-order valence-electron chi connectivity index (χ4n) is 0.509. The molecule has 0 saturated carbocycles. The number of aromatic nitrogens is 1. The Morgan fingerprint density at radius 2 is 2.17 bits per heavy atom. The first-order chi connectivity index (χ1) is 5.11. The predicted molar refractivity (Wildman–Crippen MR) is 35.9 cm³/mol. The van der Waals surface area contributed by atoms with Gasteiger partial charge in [-0.15, -0.1) is 0 Å². The van der Waals surface area contributed by atoms with E-state index in [2.05, 4.69) is 4.98 Å². The zero-order valence-electron chi connectivity index (χ0n) is 5.83. The molecular formula is C5H2ClFN2O2Zn. The van der Waals surface area contributed by atoms with Gasteiger partial charge in [0, 0.05) is 25.5 Å². The van der Waals surface area contributed by atoms with Crippen LogP contribution >= 0.6 is 11.6 Å². The first-order valence-electron chi connectivity index (χ1n) is 2.57. The van der Waals surface area contributed by atoms with Crippen LogP contribution in [0.15, 0.2) is 12.1 Å². The molecule has 0 aliphatic carbocycles. The predicted octanol–water partition coefficient (Wildman–Crippen LogP) is 1.78. The maximum absolute atomic E-state index is 12.3. The van der Waals surface area contributed by atoms with Gasteiger partial charge >= 0.3 is 5.82 Å². The summed E-state index contributed by atoms with van der Waals surface area (Å²) < 4.78 is 12.3. The fourth-order valence-corrected chi connectivity index (χ4v) is 0.659. The summed E-state index contributed by atoms with van der Waals surface area (Å²) in [7, 11) is 0. The average Bonchev–Trinajstić information content (AvgIpc) is 1.94. The van der Waals surface area contributed by atoms with E-state index in [9.17, 15) is 14.5 Å². The Balaban J connectivity index is 0.00000121. The number of halogens is 2. The minimum absolute atomic E-state index is 0. The second-order valence-corrected chi connectivity index (χ2v) is 2.06. The molecule has 60 valence electrons. The molecule has 0 radical (unpaired) electrons. The van der Waals surface area contributed by atoms with Crippen LogP contribution in [0.25, 0.3) is 0 Å². The molecule has 0 aliphatic heterocycles. The van der Waals surface area contributed by atoms with Crippen molar-refractivity contribution in [1.29, 1.82) is 0 Å². The van der Waals surface area contributed by atoms with Crippen LogP contribution < -0.4 is 0 Å². The van der Waals surface area contributed by atoms with Gasteiger partial charge in [0.1, 0.15) is 0 Å². The molecule has 0 amide bonds. The number of hydrogen-bond acceptors (Lipinski definition) is 3. The first-order valence-corrected chi connectivity index (χ1v) is 2.95. The van der Waals surface area contributed by atoms with E-state index in [1.807, 2.05) is 0 Å². The monoisotopic (exact) mass is 240 g/mol. The van der Waals surface area contributed by atoms with Gasteiger partial charge in [0.15, 0.2) is 5.82 Å². The molecule has 0 saturated heterocycles.